The van der Waals surface area contributed by atoms with Gasteiger partial charge in [0.25, 0.3) is 5.91 Å². The van der Waals surface area contributed by atoms with Crippen LogP contribution in [0, 0.1) is 23.5 Å². The zero-order valence-electron chi connectivity index (χ0n) is 13.2. The number of nitrogens with zero attached hydrogens (tertiary/aromatic N) is 1. The molecule has 2 aromatic carbocycles. The number of rotatable bonds is 4. The number of benzene rings is 2. The van der Waals surface area contributed by atoms with E-state index in [2.05, 4.69) is 11.8 Å². The molecule has 0 aromatic heterocycles. The van der Waals surface area contributed by atoms with Crippen molar-refractivity contribution in [3.8, 4) is 11.8 Å². The molecule has 0 bridgehead atoms. The van der Waals surface area contributed by atoms with E-state index in [9.17, 15) is 18.7 Å². The van der Waals surface area contributed by atoms with Crippen molar-refractivity contribution < 1.29 is 18.7 Å². The lowest BCUT2D eigenvalue weighted by atomic mass is 10.1. The van der Waals surface area contributed by atoms with Gasteiger partial charge in [0, 0.05) is 12.5 Å². The normalized spacial score (nSPS) is 11.3. The molecule has 0 saturated carbocycles. The van der Waals surface area contributed by atoms with Gasteiger partial charge < -0.3 is 10.0 Å². The van der Waals surface area contributed by atoms with Crippen molar-refractivity contribution in [1.82, 2.24) is 4.90 Å². The maximum absolute atomic E-state index is 13.6. The number of aliphatic hydroxyl groups excluding tert-OH is 1. The molecular formula is C19H17F2NO2. The molecule has 3 nitrogen and oxygen atoms in total. The van der Waals surface area contributed by atoms with E-state index in [0.717, 1.165) is 17.7 Å². The number of aliphatic hydroxyl groups is 1. The van der Waals surface area contributed by atoms with E-state index in [0.29, 0.717) is 0 Å². The average molecular weight is 329 g/mol. The average Bonchev–Trinajstić information content (AvgIpc) is 2.59. The first-order chi connectivity index (χ1) is 11.5. The lowest BCUT2D eigenvalue weighted by Gasteiger charge is -2.27. The summed E-state index contributed by atoms with van der Waals surface area (Å²) in [5.74, 6) is 2.27. The zero-order chi connectivity index (χ0) is 17.5. The number of hydrogen-bond acceptors (Lipinski definition) is 2. The molecule has 1 N–H and O–H groups in total. The molecule has 0 unspecified atom stereocenters. The van der Waals surface area contributed by atoms with Crippen LogP contribution in [0.4, 0.5) is 8.78 Å². The van der Waals surface area contributed by atoms with E-state index in [1.807, 2.05) is 30.3 Å². The molecule has 0 saturated heterocycles. The standard InChI is InChI=1S/C19H17F2NO2/c1-14(15-6-3-2-4-7-15)22(12-13-23)19(24)11-10-16-17(20)8-5-9-18(16)21/h2-9,14,23H,12-13H2,1H3/t14-/m1/s1. The Hall–Kier alpha value is -2.71. The quantitative estimate of drug-likeness (QED) is 0.876. The van der Waals surface area contributed by atoms with Crippen molar-refractivity contribution in [2.45, 2.75) is 13.0 Å². The molecule has 1 amide bonds. The molecule has 124 valence electrons. The molecule has 0 aliphatic rings. The summed E-state index contributed by atoms with van der Waals surface area (Å²) in [6.07, 6.45) is 0. The summed E-state index contributed by atoms with van der Waals surface area (Å²) in [5.41, 5.74) is 0.431. The number of hydrogen-bond donors (Lipinski definition) is 1. The largest absolute Gasteiger partial charge is 0.395 e. The van der Waals surface area contributed by atoms with Gasteiger partial charge in [0.05, 0.1) is 18.2 Å². The second-order valence-electron chi connectivity index (χ2n) is 5.16. The first-order valence-electron chi connectivity index (χ1n) is 7.47. The summed E-state index contributed by atoms with van der Waals surface area (Å²) < 4.78 is 27.1. The molecule has 0 aliphatic carbocycles. The van der Waals surface area contributed by atoms with Crippen molar-refractivity contribution >= 4 is 5.91 Å². The Labute approximate surface area is 139 Å². The van der Waals surface area contributed by atoms with Crippen LogP contribution in [0.25, 0.3) is 0 Å². The van der Waals surface area contributed by atoms with Crippen molar-refractivity contribution in [3.63, 3.8) is 0 Å². The third-order valence-corrected chi connectivity index (χ3v) is 3.61. The van der Waals surface area contributed by atoms with Crippen LogP contribution in [0.15, 0.2) is 48.5 Å². The first-order valence-corrected chi connectivity index (χ1v) is 7.47. The Kier molecular flexibility index (Phi) is 6.05. The van der Waals surface area contributed by atoms with E-state index < -0.39 is 23.1 Å². The van der Waals surface area contributed by atoms with Crippen LogP contribution >= 0.6 is 0 Å². The highest BCUT2D eigenvalue weighted by atomic mass is 19.1. The molecule has 0 radical (unpaired) electrons. The topological polar surface area (TPSA) is 40.5 Å². The van der Waals surface area contributed by atoms with E-state index in [4.69, 9.17) is 0 Å². The van der Waals surface area contributed by atoms with Gasteiger partial charge in [0.2, 0.25) is 0 Å². The molecule has 0 heterocycles. The monoisotopic (exact) mass is 329 g/mol. The Morgan fingerprint density at radius 3 is 2.33 bits per heavy atom. The summed E-state index contributed by atoms with van der Waals surface area (Å²) >= 11 is 0. The predicted molar refractivity (Wildman–Crippen MR) is 86.9 cm³/mol. The highest BCUT2D eigenvalue weighted by Crippen LogP contribution is 2.19. The van der Waals surface area contributed by atoms with Crippen LogP contribution < -0.4 is 0 Å². The Morgan fingerprint density at radius 1 is 1.12 bits per heavy atom. The minimum absolute atomic E-state index is 0.0727. The molecule has 0 aliphatic heterocycles. The third kappa shape index (κ3) is 4.18. The number of amides is 1. The van der Waals surface area contributed by atoms with Gasteiger partial charge in [-0.3, -0.25) is 4.79 Å². The number of carbonyl (C=O) groups excluding carboxylic acids is 1. The van der Waals surface area contributed by atoms with Crippen LogP contribution in [0.1, 0.15) is 24.1 Å². The van der Waals surface area contributed by atoms with E-state index >= 15 is 0 Å². The highest BCUT2D eigenvalue weighted by Gasteiger charge is 2.19. The van der Waals surface area contributed by atoms with E-state index in [1.54, 1.807) is 6.92 Å². The minimum Gasteiger partial charge on any atom is -0.395 e. The van der Waals surface area contributed by atoms with Gasteiger partial charge in [-0.25, -0.2) is 8.78 Å². The molecule has 0 fully saturated rings. The van der Waals surface area contributed by atoms with Crippen LogP contribution in [-0.4, -0.2) is 29.1 Å². The summed E-state index contributed by atoms with van der Waals surface area (Å²) in [4.78, 5) is 13.7. The van der Waals surface area contributed by atoms with Gasteiger partial charge in [-0.1, -0.05) is 42.3 Å². The van der Waals surface area contributed by atoms with Crippen molar-refractivity contribution in [2.24, 2.45) is 0 Å². The van der Waals surface area contributed by atoms with Crippen molar-refractivity contribution in [2.75, 3.05) is 13.2 Å². The second-order valence-corrected chi connectivity index (χ2v) is 5.16. The van der Waals surface area contributed by atoms with Gasteiger partial charge >= 0.3 is 0 Å². The van der Waals surface area contributed by atoms with Gasteiger partial charge in [-0.15, -0.1) is 0 Å². The first kappa shape index (κ1) is 17.6. The molecule has 1 atom stereocenters. The fraction of sp³-hybridized carbons (Fsp3) is 0.211. The van der Waals surface area contributed by atoms with Gasteiger partial charge in [0.1, 0.15) is 11.6 Å². The fourth-order valence-electron chi connectivity index (χ4n) is 2.30. The summed E-state index contributed by atoms with van der Waals surface area (Å²) in [7, 11) is 0. The molecular weight excluding hydrogens is 312 g/mol. The fourth-order valence-corrected chi connectivity index (χ4v) is 2.30. The lowest BCUT2D eigenvalue weighted by molar-refractivity contribution is -0.127. The number of halogens is 2. The Balaban J connectivity index is 2.26. The van der Waals surface area contributed by atoms with Crippen molar-refractivity contribution in [3.05, 3.63) is 71.3 Å². The van der Waals surface area contributed by atoms with Crippen LogP contribution in [-0.2, 0) is 4.79 Å². The van der Waals surface area contributed by atoms with Crippen molar-refractivity contribution in [1.29, 1.82) is 0 Å². The van der Waals surface area contributed by atoms with Gasteiger partial charge in [0.15, 0.2) is 0 Å². The predicted octanol–water partition coefficient (Wildman–Crippen LogP) is 2.90. The summed E-state index contributed by atoms with van der Waals surface area (Å²) in [5, 5.41) is 9.19. The van der Waals surface area contributed by atoms with E-state index in [-0.39, 0.29) is 19.2 Å². The van der Waals surface area contributed by atoms with Gasteiger partial charge in [-0.05, 0) is 24.6 Å². The second kappa shape index (κ2) is 8.23. The molecule has 2 aromatic rings. The summed E-state index contributed by atoms with van der Waals surface area (Å²) in [6.45, 7) is 1.64. The molecule has 24 heavy (non-hydrogen) atoms. The maximum Gasteiger partial charge on any atom is 0.299 e. The number of carbonyl (C=O) groups is 1. The van der Waals surface area contributed by atoms with Crippen LogP contribution in [0.3, 0.4) is 0 Å². The Morgan fingerprint density at radius 2 is 1.75 bits per heavy atom. The van der Waals surface area contributed by atoms with E-state index in [1.165, 1.54) is 11.0 Å². The van der Waals surface area contributed by atoms with Gasteiger partial charge in [-0.2, -0.15) is 0 Å². The highest BCUT2D eigenvalue weighted by molar-refractivity contribution is 5.94. The third-order valence-electron chi connectivity index (χ3n) is 3.61. The SMILES string of the molecule is C[C@H](c1ccccc1)N(CCO)C(=O)C#Cc1c(F)cccc1F. The lowest BCUT2D eigenvalue weighted by Crippen LogP contribution is -2.35. The summed E-state index contributed by atoms with van der Waals surface area (Å²) in [6, 6.07) is 12.3. The van der Waals surface area contributed by atoms with Crippen LogP contribution in [0.5, 0.6) is 0 Å². The smallest absolute Gasteiger partial charge is 0.299 e. The zero-order valence-corrected chi connectivity index (χ0v) is 13.2. The van der Waals surface area contributed by atoms with Crippen LogP contribution in [0.2, 0.25) is 0 Å². The molecule has 0 spiro atoms. The molecule has 2 rings (SSSR count). The Bertz CT molecular complexity index is 746. The minimum atomic E-state index is -0.819. The maximum atomic E-state index is 13.6. The molecule has 5 heteroatoms.